The zero-order chi connectivity index (χ0) is 14.4. The van der Waals surface area contributed by atoms with Gasteiger partial charge < -0.3 is 9.47 Å². The van der Waals surface area contributed by atoms with Gasteiger partial charge in [0.2, 0.25) is 0 Å². The molecule has 1 fully saturated rings. The highest BCUT2D eigenvalue weighted by molar-refractivity contribution is 5.85. The Morgan fingerprint density at radius 3 is 3.10 bits per heavy atom. The molecule has 1 aromatic carbocycles. The summed E-state index contributed by atoms with van der Waals surface area (Å²) in [6.45, 7) is 5.48. The molecule has 0 spiro atoms. The van der Waals surface area contributed by atoms with Crippen LogP contribution in [0.3, 0.4) is 0 Å². The average molecular weight is 277 g/mol. The molecule has 20 heavy (non-hydrogen) atoms. The first kappa shape index (κ1) is 15.0. The van der Waals surface area contributed by atoms with E-state index in [1.807, 2.05) is 24.3 Å². The zero-order valence-electron chi connectivity index (χ0n) is 12.3. The summed E-state index contributed by atoms with van der Waals surface area (Å²) in [7, 11) is 1.63. The molecule has 1 saturated heterocycles. The van der Waals surface area contributed by atoms with E-state index in [0.29, 0.717) is 13.0 Å². The van der Waals surface area contributed by atoms with E-state index in [9.17, 15) is 4.79 Å². The van der Waals surface area contributed by atoms with Gasteiger partial charge in [-0.2, -0.15) is 0 Å². The molecule has 0 aromatic heterocycles. The summed E-state index contributed by atoms with van der Waals surface area (Å²) in [4.78, 5) is 14.6. The number of carbonyl (C=O) groups is 1. The van der Waals surface area contributed by atoms with E-state index in [0.717, 1.165) is 37.4 Å². The van der Waals surface area contributed by atoms with Gasteiger partial charge >= 0.3 is 0 Å². The number of hydrogen-bond acceptors (Lipinski definition) is 4. The van der Waals surface area contributed by atoms with Gasteiger partial charge in [-0.25, -0.2) is 0 Å². The number of ether oxygens (including phenoxy) is 2. The molecule has 1 unspecified atom stereocenters. The van der Waals surface area contributed by atoms with Gasteiger partial charge in [0.15, 0.2) is 5.78 Å². The second kappa shape index (κ2) is 7.41. The molecule has 1 aromatic rings. The smallest absolute Gasteiger partial charge is 0.167 e. The third-order valence-electron chi connectivity index (χ3n) is 3.56. The second-order valence-corrected chi connectivity index (χ2v) is 5.15. The minimum Gasteiger partial charge on any atom is -0.497 e. The van der Waals surface area contributed by atoms with Gasteiger partial charge in [0.1, 0.15) is 11.9 Å². The largest absolute Gasteiger partial charge is 0.497 e. The quantitative estimate of drug-likeness (QED) is 0.796. The van der Waals surface area contributed by atoms with Crippen molar-refractivity contribution in [2.75, 3.05) is 33.4 Å². The van der Waals surface area contributed by atoms with E-state index >= 15 is 0 Å². The molecule has 1 aliphatic heterocycles. The number of benzene rings is 1. The first-order valence-electron chi connectivity index (χ1n) is 7.22. The van der Waals surface area contributed by atoms with Gasteiger partial charge in [-0.15, -0.1) is 0 Å². The Morgan fingerprint density at radius 1 is 1.50 bits per heavy atom. The second-order valence-electron chi connectivity index (χ2n) is 5.15. The molecule has 1 atom stereocenters. The van der Waals surface area contributed by atoms with Crippen molar-refractivity contribution in [1.82, 2.24) is 4.90 Å². The first-order valence-corrected chi connectivity index (χ1v) is 7.22. The van der Waals surface area contributed by atoms with Crippen molar-refractivity contribution in [2.45, 2.75) is 25.9 Å². The Labute approximate surface area is 120 Å². The summed E-state index contributed by atoms with van der Waals surface area (Å²) in [5.74, 6) is 0.937. The molecule has 110 valence electrons. The van der Waals surface area contributed by atoms with E-state index in [1.165, 1.54) is 0 Å². The van der Waals surface area contributed by atoms with Crippen LogP contribution in [0.5, 0.6) is 5.75 Å². The maximum absolute atomic E-state index is 12.3. The highest BCUT2D eigenvalue weighted by Crippen LogP contribution is 2.15. The van der Waals surface area contributed by atoms with Crippen LogP contribution in [-0.4, -0.2) is 50.1 Å². The number of nitrogens with zero attached hydrogens (tertiary/aromatic N) is 1. The van der Waals surface area contributed by atoms with E-state index in [1.54, 1.807) is 7.11 Å². The third kappa shape index (κ3) is 4.05. The lowest BCUT2D eigenvalue weighted by atomic mass is 10.0. The zero-order valence-corrected chi connectivity index (χ0v) is 12.3. The fourth-order valence-corrected chi connectivity index (χ4v) is 2.51. The van der Waals surface area contributed by atoms with Crippen molar-refractivity contribution >= 4 is 5.78 Å². The van der Waals surface area contributed by atoms with Crippen LogP contribution in [0.2, 0.25) is 0 Å². The van der Waals surface area contributed by atoms with Gasteiger partial charge in [0.05, 0.1) is 13.7 Å². The molecule has 0 aliphatic carbocycles. The molecule has 1 aliphatic rings. The lowest BCUT2D eigenvalue weighted by Crippen LogP contribution is -2.46. The number of hydrogen-bond donors (Lipinski definition) is 0. The molecule has 0 saturated carbocycles. The highest BCUT2D eigenvalue weighted by Gasteiger charge is 2.25. The molecule has 0 bridgehead atoms. The molecule has 0 radical (unpaired) electrons. The number of carbonyl (C=O) groups excluding carboxylic acids is 1. The Bertz CT molecular complexity index is 445. The number of rotatable bonds is 6. The number of Topliss-reactive ketones (excluding diaryl/α,β-unsaturated/α-hetero) is 1. The van der Waals surface area contributed by atoms with Crippen LogP contribution in [0.25, 0.3) is 0 Å². The topological polar surface area (TPSA) is 38.8 Å². The van der Waals surface area contributed by atoms with Crippen LogP contribution in [0.4, 0.5) is 0 Å². The van der Waals surface area contributed by atoms with E-state index in [-0.39, 0.29) is 11.9 Å². The summed E-state index contributed by atoms with van der Waals surface area (Å²) in [6.07, 6.45) is 1.22. The Hall–Kier alpha value is -1.39. The van der Waals surface area contributed by atoms with Crippen LogP contribution >= 0.6 is 0 Å². The summed E-state index contributed by atoms with van der Waals surface area (Å²) in [5.41, 5.74) is 0.977. The normalized spacial score (nSPS) is 19.8. The molecule has 0 amide bonds. The van der Waals surface area contributed by atoms with Crippen molar-refractivity contribution in [3.8, 4) is 5.75 Å². The molecule has 1 heterocycles. The van der Waals surface area contributed by atoms with Crippen LogP contribution in [0, 0.1) is 0 Å². The third-order valence-corrected chi connectivity index (χ3v) is 3.56. The standard InChI is InChI=1S/C16H23NO3/c1-3-7-17-8-9-20-16(12-17)15(18)11-13-5-4-6-14(10-13)19-2/h4-6,10,16H,3,7-9,11-12H2,1-2H3. The SMILES string of the molecule is CCCN1CCOC(C(=O)Cc2cccc(OC)c2)C1. The van der Waals surface area contributed by atoms with Gasteiger partial charge in [0, 0.05) is 19.5 Å². The Morgan fingerprint density at radius 2 is 2.35 bits per heavy atom. The minimum absolute atomic E-state index is 0.152. The number of methoxy groups -OCH3 is 1. The summed E-state index contributed by atoms with van der Waals surface area (Å²) >= 11 is 0. The lowest BCUT2D eigenvalue weighted by Gasteiger charge is -2.31. The maximum atomic E-state index is 12.3. The van der Waals surface area contributed by atoms with Crippen LogP contribution in [-0.2, 0) is 16.0 Å². The summed E-state index contributed by atoms with van der Waals surface area (Å²) < 4.78 is 10.8. The summed E-state index contributed by atoms with van der Waals surface area (Å²) in [5, 5.41) is 0. The lowest BCUT2D eigenvalue weighted by molar-refractivity contribution is -0.135. The van der Waals surface area contributed by atoms with Crippen molar-refractivity contribution < 1.29 is 14.3 Å². The predicted octanol–water partition coefficient (Wildman–Crippen LogP) is 1.92. The molecule has 4 heteroatoms. The highest BCUT2D eigenvalue weighted by atomic mass is 16.5. The van der Waals surface area contributed by atoms with Gasteiger partial charge in [0.25, 0.3) is 0 Å². The van der Waals surface area contributed by atoms with Gasteiger partial charge in [-0.05, 0) is 30.7 Å². The van der Waals surface area contributed by atoms with Gasteiger partial charge in [-0.3, -0.25) is 9.69 Å². The Kier molecular flexibility index (Phi) is 5.56. The molecular formula is C16H23NO3. The van der Waals surface area contributed by atoms with E-state index in [4.69, 9.17) is 9.47 Å². The fraction of sp³-hybridized carbons (Fsp3) is 0.562. The van der Waals surface area contributed by atoms with Gasteiger partial charge in [-0.1, -0.05) is 19.1 Å². The number of ketones is 1. The van der Waals surface area contributed by atoms with Crippen molar-refractivity contribution in [3.05, 3.63) is 29.8 Å². The van der Waals surface area contributed by atoms with Crippen molar-refractivity contribution in [2.24, 2.45) is 0 Å². The first-order chi connectivity index (χ1) is 9.72. The van der Waals surface area contributed by atoms with Crippen molar-refractivity contribution in [1.29, 1.82) is 0 Å². The van der Waals surface area contributed by atoms with Crippen molar-refractivity contribution in [3.63, 3.8) is 0 Å². The molecular weight excluding hydrogens is 254 g/mol. The van der Waals surface area contributed by atoms with Crippen LogP contribution in [0.1, 0.15) is 18.9 Å². The minimum atomic E-state index is -0.290. The Balaban J connectivity index is 1.93. The molecule has 2 rings (SSSR count). The average Bonchev–Trinajstić information content (AvgIpc) is 2.48. The summed E-state index contributed by atoms with van der Waals surface area (Å²) in [6, 6.07) is 7.65. The molecule has 4 nitrogen and oxygen atoms in total. The van der Waals surface area contributed by atoms with E-state index < -0.39 is 0 Å². The molecule has 0 N–H and O–H groups in total. The fourth-order valence-electron chi connectivity index (χ4n) is 2.51. The number of morpholine rings is 1. The van der Waals surface area contributed by atoms with E-state index in [2.05, 4.69) is 11.8 Å². The monoisotopic (exact) mass is 277 g/mol. The maximum Gasteiger partial charge on any atom is 0.167 e. The predicted molar refractivity (Wildman–Crippen MR) is 78.2 cm³/mol. The van der Waals surface area contributed by atoms with Crippen LogP contribution in [0.15, 0.2) is 24.3 Å². The van der Waals surface area contributed by atoms with Crippen LogP contribution < -0.4 is 4.74 Å².